The molecule has 1 N–H and O–H groups in total. The van der Waals surface area contributed by atoms with Crippen molar-refractivity contribution in [1.82, 2.24) is 9.80 Å². The Balaban J connectivity index is 2.10. The summed E-state index contributed by atoms with van der Waals surface area (Å²) in [4.78, 5) is 38.6. The van der Waals surface area contributed by atoms with Gasteiger partial charge in [0.05, 0.1) is 14.2 Å². The van der Waals surface area contributed by atoms with E-state index in [1.165, 1.54) is 6.08 Å². The van der Waals surface area contributed by atoms with E-state index in [0.717, 1.165) is 20.3 Å². The van der Waals surface area contributed by atoms with Gasteiger partial charge in [0.15, 0.2) is 6.67 Å². The van der Waals surface area contributed by atoms with Crippen molar-refractivity contribution in [3.63, 3.8) is 0 Å². The first-order valence-electron chi connectivity index (χ1n) is 7.31. The van der Waals surface area contributed by atoms with Gasteiger partial charge in [-0.3, -0.25) is 14.5 Å². The van der Waals surface area contributed by atoms with Gasteiger partial charge in [0.25, 0.3) is 0 Å². The molecule has 1 aromatic rings. The summed E-state index contributed by atoms with van der Waals surface area (Å²) in [6.07, 6.45) is 1.40. The van der Waals surface area contributed by atoms with Crippen LogP contribution in [0.2, 0.25) is 5.02 Å². The van der Waals surface area contributed by atoms with Gasteiger partial charge in [-0.1, -0.05) is 17.7 Å². The molecule has 128 valence electrons. The number of methoxy groups -OCH3 is 1. The van der Waals surface area contributed by atoms with Crippen LogP contribution in [0, 0.1) is 0 Å². The molecule has 0 saturated carbocycles. The topological polar surface area (TPSA) is 71.4 Å². The molecule has 1 atom stereocenters. The lowest BCUT2D eigenvalue weighted by molar-refractivity contribution is -0.901. The van der Waals surface area contributed by atoms with Gasteiger partial charge in [-0.05, 0) is 18.2 Å². The zero-order valence-electron chi connectivity index (χ0n) is 13.5. The lowest BCUT2D eigenvalue weighted by Crippen LogP contribution is -3.09. The molecule has 0 bridgehead atoms. The summed E-state index contributed by atoms with van der Waals surface area (Å²) in [5.74, 6) is -0.977. The maximum absolute atomic E-state index is 12.2. The second-order valence-electron chi connectivity index (χ2n) is 5.47. The van der Waals surface area contributed by atoms with Gasteiger partial charge in [0, 0.05) is 17.1 Å². The molecule has 1 fully saturated rings. The zero-order chi connectivity index (χ0) is 17.9. The molecule has 1 heterocycles. The van der Waals surface area contributed by atoms with Crippen LogP contribution in [0.5, 0.6) is 5.75 Å². The van der Waals surface area contributed by atoms with E-state index in [9.17, 15) is 14.4 Å². The number of benzene rings is 1. The number of imide groups is 2. The molecule has 24 heavy (non-hydrogen) atoms. The second-order valence-corrected chi connectivity index (χ2v) is 5.90. The number of hydrogen-bond acceptors (Lipinski definition) is 4. The standard InChI is InChI=1S/C16H18ClN3O4/c1-4-7-19-14(21)15(22)20(16(19)23)10-18(2)9-11-8-12(17)5-6-13(11)24-3/h4-6,8H,1,7,9-10H2,2-3H3/p+1. The minimum Gasteiger partial charge on any atom is -0.496 e. The van der Waals surface area contributed by atoms with Crippen molar-refractivity contribution in [3.05, 3.63) is 41.4 Å². The van der Waals surface area contributed by atoms with Gasteiger partial charge < -0.3 is 9.64 Å². The predicted octanol–water partition coefficient (Wildman–Crippen LogP) is 0.298. The fraction of sp³-hybridized carbons (Fsp3) is 0.312. The van der Waals surface area contributed by atoms with E-state index in [2.05, 4.69) is 6.58 Å². The van der Waals surface area contributed by atoms with E-state index < -0.39 is 17.8 Å². The molecular formula is C16H19ClN3O4+. The largest absolute Gasteiger partial charge is 0.496 e. The quantitative estimate of drug-likeness (QED) is 0.435. The summed E-state index contributed by atoms with van der Waals surface area (Å²) in [6.45, 7) is 4.03. The molecule has 8 heteroatoms. The van der Waals surface area contributed by atoms with Gasteiger partial charge in [0.2, 0.25) is 0 Å². The first kappa shape index (κ1) is 18.0. The molecule has 0 aromatic heterocycles. The van der Waals surface area contributed by atoms with E-state index in [0.29, 0.717) is 17.3 Å². The van der Waals surface area contributed by atoms with Crippen LogP contribution >= 0.6 is 11.6 Å². The summed E-state index contributed by atoms with van der Waals surface area (Å²) in [7, 11) is 3.36. The predicted molar refractivity (Wildman–Crippen MR) is 87.6 cm³/mol. The number of rotatable bonds is 7. The Morgan fingerprint density at radius 2 is 1.92 bits per heavy atom. The van der Waals surface area contributed by atoms with Crippen molar-refractivity contribution in [1.29, 1.82) is 0 Å². The van der Waals surface area contributed by atoms with E-state index >= 15 is 0 Å². The summed E-state index contributed by atoms with van der Waals surface area (Å²) >= 11 is 6.00. The Kier molecular flexibility index (Phi) is 5.58. The van der Waals surface area contributed by atoms with Crippen LogP contribution in [0.4, 0.5) is 4.79 Å². The van der Waals surface area contributed by atoms with Crippen LogP contribution < -0.4 is 9.64 Å². The Morgan fingerprint density at radius 1 is 1.25 bits per heavy atom. The summed E-state index contributed by atoms with van der Waals surface area (Å²) in [5.41, 5.74) is 0.843. The Bertz CT molecular complexity index is 692. The molecule has 0 aliphatic carbocycles. The van der Waals surface area contributed by atoms with Crippen molar-refractivity contribution < 1.29 is 24.0 Å². The fourth-order valence-electron chi connectivity index (χ4n) is 2.52. The maximum atomic E-state index is 12.2. The maximum Gasteiger partial charge on any atom is 0.339 e. The lowest BCUT2D eigenvalue weighted by Gasteiger charge is -2.20. The molecule has 1 aromatic carbocycles. The first-order chi connectivity index (χ1) is 11.4. The third-order valence-electron chi connectivity index (χ3n) is 3.61. The number of nitrogens with zero attached hydrogens (tertiary/aromatic N) is 2. The average Bonchev–Trinajstić information content (AvgIpc) is 2.73. The molecule has 1 saturated heterocycles. The number of hydrogen-bond donors (Lipinski definition) is 1. The highest BCUT2D eigenvalue weighted by atomic mass is 35.5. The lowest BCUT2D eigenvalue weighted by atomic mass is 10.2. The Morgan fingerprint density at radius 3 is 2.54 bits per heavy atom. The van der Waals surface area contributed by atoms with E-state index in [1.54, 1.807) is 25.3 Å². The van der Waals surface area contributed by atoms with Crippen LogP contribution in [0.15, 0.2) is 30.9 Å². The van der Waals surface area contributed by atoms with Crippen molar-refractivity contribution in [2.75, 3.05) is 27.4 Å². The van der Waals surface area contributed by atoms with Gasteiger partial charge in [0.1, 0.15) is 12.3 Å². The highest BCUT2D eigenvalue weighted by Crippen LogP contribution is 2.21. The van der Waals surface area contributed by atoms with Gasteiger partial charge >= 0.3 is 17.8 Å². The molecule has 1 aliphatic rings. The van der Waals surface area contributed by atoms with Gasteiger partial charge in [-0.25, -0.2) is 9.69 Å². The Labute approximate surface area is 145 Å². The highest BCUT2D eigenvalue weighted by Gasteiger charge is 2.45. The van der Waals surface area contributed by atoms with Crippen LogP contribution in [0.1, 0.15) is 5.56 Å². The number of carbonyl (C=O) groups excluding carboxylic acids is 3. The molecule has 4 amide bonds. The smallest absolute Gasteiger partial charge is 0.339 e. The summed E-state index contributed by atoms with van der Waals surface area (Å²) in [6, 6.07) is 4.62. The SMILES string of the molecule is C=CCN1C(=O)C(=O)N(C[NH+](C)Cc2cc(Cl)ccc2OC)C1=O. The number of amides is 4. The molecule has 0 spiro atoms. The fourth-order valence-corrected chi connectivity index (χ4v) is 2.71. The third kappa shape index (κ3) is 3.58. The number of halogens is 1. The summed E-state index contributed by atoms with van der Waals surface area (Å²) in [5, 5.41) is 0.569. The van der Waals surface area contributed by atoms with Crippen molar-refractivity contribution >= 4 is 29.4 Å². The van der Waals surface area contributed by atoms with E-state index in [-0.39, 0.29) is 13.2 Å². The van der Waals surface area contributed by atoms with Crippen molar-refractivity contribution in [2.45, 2.75) is 6.54 Å². The van der Waals surface area contributed by atoms with Gasteiger partial charge in [-0.15, -0.1) is 6.58 Å². The monoisotopic (exact) mass is 352 g/mol. The van der Waals surface area contributed by atoms with Crippen LogP contribution in [0.25, 0.3) is 0 Å². The van der Waals surface area contributed by atoms with Crippen molar-refractivity contribution in [2.24, 2.45) is 0 Å². The number of carbonyl (C=O) groups is 3. The Hall–Kier alpha value is -2.38. The normalized spacial score (nSPS) is 15.9. The number of ether oxygens (including phenoxy) is 1. The molecule has 2 rings (SSSR count). The molecular weight excluding hydrogens is 334 g/mol. The van der Waals surface area contributed by atoms with Crippen molar-refractivity contribution in [3.8, 4) is 5.75 Å². The molecule has 7 nitrogen and oxygen atoms in total. The van der Waals surface area contributed by atoms with E-state index in [4.69, 9.17) is 16.3 Å². The second kappa shape index (κ2) is 7.46. The zero-order valence-corrected chi connectivity index (χ0v) is 14.3. The van der Waals surface area contributed by atoms with E-state index in [1.807, 2.05) is 7.05 Å². The van der Waals surface area contributed by atoms with Gasteiger partial charge in [-0.2, -0.15) is 0 Å². The number of urea groups is 1. The van der Waals surface area contributed by atoms with Crippen LogP contribution in [-0.2, 0) is 16.1 Å². The minimum atomic E-state index is -0.826. The van der Waals surface area contributed by atoms with Crippen LogP contribution in [-0.4, -0.2) is 55.0 Å². The number of nitrogens with one attached hydrogen (secondary N) is 1. The average molecular weight is 353 g/mol. The third-order valence-corrected chi connectivity index (χ3v) is 3.84. The number of quaternary nitrogens is 1. The highest BCUT2D eigenvalue weighted by molar-refractivity contribution is 6.44. The molecule has 1 unspecified atom stereocenters. The van der Waals surface area contributed by atoms with Crippen LogP contribution in [0.3, 0.4) is 0 Å². The molecule has 0 radical (unpaired) electrons. The molecule has 1 aliphatic heterocycles. The summed E-state index contributed by atoms with van der Waals surface area (Å²) < 4.78 is 5.29. The first-order valence-corrected chi connectivity index (χ1v) is 7.68. The minimum absolute atomic E-state index is 0.0150.